The lowest BCUT2D eigenvalue weighted by molar-refractivity contribution is -0.142. The number of rotatable bonds is 19. The number of aromatic amines is 1. The average Bonchev–Trinajstić information content (AvgIpc) is 3.37. The molecule has 0 saturated carbocycles. The van der Waals surface area contributed by atoms with Gasteiger partial charge in [0.15, 0.2) is 5.96 Å². The molecule has 1 heterocycles. The van der Waals surface area contributed by atoms with Gasteiger partial charge in [-0.3, -0.25) is 24.2 Å². The van der Waals surface area contributed by atoms with Gasteiger partial charge >= 0.3 is 5.97 Å². The highest BCUT2D eigenvalue weighted by Gasteiger charge is 2.31. The highest BCUT2D eigenvalue weighted by molar-refractivity contribution is 7.98. The van der Waals surface area contributed by atoms with Crippen molar-refractivity contribution >= 4 is 58.2 Å². The molecule has 4 amide bonds. The zero-order valence-electron chi connectivity index (χ0n) is 24.0. The minimum absolute atomic E-state index is 0.0731. The van der Waals surface area contributed by atoms with Crippen LogP contribution in [0.5, 0.6) is 0 Å². The van der Waals surface area contributed by atoms with Crippen LogP contribution in [0, 0.1) is 0 Å². The number of nitrogens with zero attached hydrogens (tertiary/aromatic N) is 1. The summed E-state index contributed by atoms with van der Waals surface area (Å²) in [6.07, 6.45) is 4.05. The number of carbonyl (C=O) groups excluding carboxylic acids is 4. The number of benzene rings is 1. The van der Waals surface area contributed by atoms with E-state index < -0.39 is 53.8 Å². The number of nitrogens with two attached hydrogens (primary N) is 4. The van der Waals surface area contributed by atoms with Gasteiger partial charge in [0.1, 0.15) is 18.1 Å². The van der Waals surface area contributed by atoms with E-state index in [4.69, 9.17) is 22.9 Å². The van der Waals surface area contributed by atoms with Crippen LogP contribution in [0.2, 0.25) is 0 Å². The molecule has 0 aliphatic heterocycles. The molecule has 4 atom stereocenters. The summed E-state index contributed by atoms with van der Waals surface area (Å²) < 4.78 is 0. The van der Waals surface area contributed by atoms with Crippen LogP contribution in [0.25, 0.3) is 10.9 Å². The van der Waals surface area contributed by atoms with E-state index in [-0.39, 0.29) is 44.6 Å². The molecule has 0 radical (unpaired) electrons. The maximum absolute atomic E-state index is 13.6. The minimum Gasteiger partial charge on any atom is -0.480 e. The zero-order chi connectivity index (χ0) is 31.9. The van der Waals surface area contributed by atoms with Crippen LogP contribution in [-0.4, -0.2) is 88.4 Å². The van der Waals surface area contributed by atoms with Crippen LogP contribution in [0.1, 0.15) is 37.7 Å². The lowest BCUT2D eigenvalue weighted by atomic mass is 10.0. The first-order chi connectivity index (χ1) is 20.4. The molecule has 4 unspecified atom stereocenters. The number of carboxylic acid groups (broad SMARTS) is 1. The van der Waals surface area contributed by atoms with Gasteiger partial charge in [-0.25, -0.2) is 4.79 Å². The maximum atomic E-state index is 13.6. The molecule has 0 saturated heterocycles. The Labute approximate surface area is 253 Å². The van der Waals surface area contributed by atoms with Crippen molar-refractivity contribution in [2.24, 2.45) is 27.9 Å². The standard InChI is InChI=1S/C27H41N9O6S/c1-43-12-10-19(24(39)35-20(26(41)42)8-9-22(29)37)34-25(40)21(13-15-14-33-18-7-3-2-5-16(15)18)36-23(38)17(28)6-4-11-32-27(30)31/h2-3,5,7,14,17,19-21,33H,4,6,8-13,28H2,1H3,(H2,29,37)(H,34,40)(H,35,39)(H,36,38)(H,41,42)(H4,30,31,32). The highest BCUT2D eigenvalue weighted by atomic mass is 32.2. The van der Waals surface area contributed by atoms with Gasteiger partial charge in [0.05, 0.1) is 6.04 Å². The fourth-order valence-electron chi connectivity index (χ4n) is 4.25. The summed E-state index contributed by atoms with van der Waals surface area (Å²) in [7, 11) is 0. The lowest BCUT2D eigenvalue weighted by Crippen LogP contribution is -2.57. The van der Waals surface area contributed by atoms with Crippen LogP contribution in [0.15, 0.2) is 35.5 Å². The van der Waals surface area contributed by atoms with Gasteiger partial charge in [0.2, 0.25) is 23.6 Å². The first kappa shape index (κ1) is 34.9. The number of guanidine groups is 1. The van der Waals surface area contributed by atoms with E-state index in [0.717, 1.165) is 16.5 Å². The molecule has 2 aromatic rings. The van der Waals surface area contributed by atoms with Crippen LogP contribution in [-0.2, 0) is 30.4 Å². The number of aliphatic carboxylic acids is 1. The Bertz CT molecular complexity index is 1300. The summed E-state index contributed by atoms with van der Waals surface area (Å²) in [5, 5.41) is 18.1. The number of nitrogens with one attached hydrogen (secondary N) is 4. The van der Waals surface area contributed by atoms with Gasteiger partial charge in [-0.1, -0.05) is 18.2 Å². The van der Waals surface area contributed by atoms with Crippen LogP contribution < -0.4 is 38.9 Å². The second-order valence-electron chi connectivity index (χ2n) is 9.93. The second kappa shape index (κ2) is 17.6. The predicted octanol–water partition coefficient (Wildman–Crippen LogP) is -1.35. The van der Waals surface area contributed by atoms with Crippen LogP contribution >= 0.6 is 11.8 Å². The molecule has 0 spiro atoms. The SMILES string of the molecule is CSCCC(NC(=O)C(Cc1c[nH]c2ccccc12)NC(=O)C(N)CCCN=C(N)N)C(=O)NC(CCC(N)=O)C(=O)O. The van der Waals surface area contributed by atoms with Gasteiger partial charge in [0.25, 0.3) is 0 Å². The summed E-state index contributed by atoms with van der Waals surface area (Å²) in [6, 6.07) is 2.88. The van der Waals surface area contributed by atoms with Crippen molar-refractivity contribution in [2.75, 3.05) is 18.6 Å². The van der Waals surface area contributed by atoms with Crippen molar-refractivity contribution in [1.82, 2.24) is 20.9 Å². The van der Waals surface area contributed by atoms with Gasteiger partial charge < -0.3 is 49.0 Å². The summed E-state index contributed by atoms with van der Waals surface area (Å²) in [6.45, 7) is 0.283. The number of hydrogen-bond acceptors (Lipinski definition) is 8. The molecule has 0 fully saturated rings. The Kier molecular flexibility index (Phi) is 14.3. The predicted molar refractivity (Wildman–Crippen MR) is 165 cm³/mol. The third-order valence-electron chi connectivity index (χ3n) is 6.57. The second-order valence-corrected chi connectivity index (χ2v) is 10.9. The summed E-state index contributed by atoms with van der Waals surface area (Å²) in [5.74, 6) is -3.63. The van der Waals surface area contributed by atoms with E-state index in [1.807, 2.05) is 30.5 Å². The molecular formula is C27H41N9O6S. The van der Waals surface area contributed by atoms with Gasteiger partial charge in [-0.2, -0.15) is 11.8 Å². The molecule has 0 bridgehead atoms. The van der Waals surface area contributed by atoms with Crippen molar-refractivity contribution in [3.8, 4) is 0 Å². The maximum Gasteiger partial charge on any atom is 0.326 e. The number of para-hydroxylation sites is 1. The first-order valence-corrected chi connectivity index (χ1v) is 15.1. The number of thioether (sulfide) groups is 1. The third kappa shape index (κ3) is 11.8. The molecule has 236 valence electrons. The number of aromatic nitrogens is 1. The summed E-state index contributed by atoms with van der Waals surface area (Å²) >= 11 is 1.43. The van der Waals surface area contributed by atoms with Crippen molar-refractivity contribution in [3.63, 3.8) is 0 Å². The van der Waals surface area contributed by atoms with Crippen molar-refractivity contribution in [2.45, 2.75) is 62.7 Å². The van der Waals surface area contributed by atoms with Crippen molar-refractivity contribution < 1.29 is 29.1 Å². The average molecular weight is 620 g/mol. The topological polar surface area (TPSA) is 274 Å². The zero-order valence-corrected chi connectivity index (χ0v) is 24.8. The first-order valence-electron chi connectivity index (χ1n) is 13.7. The van der Waals surface area contributed by atoms with E-state index >= 15 is 0 Å². The van der Waals surface area contributed by atoms with Crippen LogP contribution in [0.4, 0.5) is 0 Å². The van der Waals surface area contributed by atoms with Crippen LogP contribution in [0.3, 0.4) is 0 Å². The van der Waals surface area contributed by atoms with E-state index in [0.29, 0.717) is 12.2 Å². The Morgan fingerprint density at radius 1 is 0.930 bits per heavy atom. The Morgan fingerprint density at radius 2 is 1.58 bits per heavy atom. The number of aliphatic imine (C=N–C) groups is 1. The number of carbonyl (C=O) groups is 5. The molecular weight excluding hydrogens is 578 g/mol. The van der Waals surface area contributed by atoms with E-state index in [9.17, 15) is 29.1 Å². The number of hydrogen-bond donors (Lipinski definition) is 9. The summed E-state index contributed by atoms with van der Waals surface area (Å²) in [4.78, 5) is 69.6. The molecule has 16 heteroatoms. The largest absolute Gasteiger partial charge is 0.480 e. The monoisotopic (exact) mass is 619 g/mol. The van der Waals surface area contributed by atoms with E-state index in [1.165, 1.54) is 11.8 Å². The summed E-state index contributed by atoms with van der Waals surface area (Å²) in [5.41, 5.74) is 23.4. The van der Waals surface area contributed by atoms with Crippen molar-refractivity contribution in [3.05, 3.63) is 36.0 Å². The molecule has 0 aliphatic carbocycles. The smallest absolute Gasteiger partial charge is 0.326 e. The molecule has 15 nitrogen and oxygen atoms in total. The third-order valence-corrected chi connectivity index (χ3v) is 7.22. The normalized spacial score (nSPS) is 13.7. The molecule has 1 aromatic heterocycles. The van der Waals surface area contributed by atoms with E-state index in [1.54, 1.807) is 6.20 Å². The molecule has 13 N–H and O–H groups in total. The van der Waals surface area contributed by atoms with Gasteiger partial charge in [0, 0.05) is 36.5 Å². The fourth-order valence-corrected chi connectivity index (χ4v) is 4.72. The molecule has 1 aromatic carbocycles. The minimum atomic E-state index is -1.38. The number of H-pyrrole nitrogens is 1. The molecule has 0 aliphatic rings. The van der Waals surface area contributed by atoms with Gasteiger partial charge in [-0.15, -0.1) is 0 Å². The number of amides is 4. The van der Waals surface area contributed by atoms with Gasteiger partial charge in [-0.05, 0) is 49.3 Å². The Hall–Kier alpha value is -4.31. The molecule has 2 rings (SSSR count). The quantitative estimate of drug-likeness (QED) is 0.0506. The Morgan fingerprint density at radius 3 is 2.23 bits per heavy atom. The fraction of sp³-hybridized carbons (Fsp3) is 0.481. The highest BCUT2D eigenvalue weighted by Crippen LogP contribution is 2.19. The number of primary amides is 1. The number of fused-ring (bicyclic) bond motifs is 1. The van der Waals surface area contributed by atoms with Crippen molar-refractivity contribution in [1.29, 1.82) is 0 Å². The Balaban J connectivity index is 2.25. The lowest BCUT2D eigenvalue weighted by Gasteiger charge is -2.25. The number of carboxylic acids is 1. The molecule has 43 heavy (non-hydrogen) atoms. The van der Waals surface area contributed by atoms with E-state index in [2.05, 4.69) is 25.9 Å².